The van der Waals surface area contributed by atoms with Crippen molar-refractivity contribution in [1.82, 2.24) is 5.32 Å². The molecule has 0 aromatic heterocycles. The number of carbonyl (C=O) groups is 1. The van der Waals surface area contributed by atoms with Crippen molar-refractivity contribution in [3.05, 3.63) is 71.8 Å². The summed E-state index contributed by atoms with van der Waals surface area (Å²) in [6, 6.07) is 15.4. The molecule has 4 nitrogen and oxygen atoms in total. The maximum absolute atomic E-state index is 12.6. The zero-order valence-electron chi connectivity index (χ0n) is 13.5. The van der Waals surface area contributed by atoms with Crippen molar-refractivity contribution >= 4 is 12.0 Å². The minimum Gasteiger partial charge on any atom is -0.488 e. The van der Waals surface area contributed by atoms with Gasteiger partial charge < -0.3 is 14.8 Å². The van der Waals surface area contributed by atoms with Gasteiger partial charge >= 0.3 is 0 Å². The van der Waals surface area contributed by atoms with Gasteiger partial charge in [0.1, 0.15) is 12.4 Å². The van der Waals surface area contributed by atoms with Gasteiger partial charge in [0.25, 0.3) is 5.91 Å². The lowest BCUT2D eigenvalue weighted by Crippen LogP contribution is -2.35. The molecule has 0 bridgehead atoms. The number of nitrogens with one attached hydrogen (secondary N) is 1. The number of amides is 1. The third-order valence-electron chi connectivity index (χ3n) is 3.99. The van der Waals surface area contributed by atoms with Crippen LogP contribution in [0, 0.1) is 0 Å². The second kappa shape index (κ2) is 7.79. The van der Waals surface area contributed by atoms with E-state index >= 15 is 0 Å². The minimum atomic E-state index is -0.135. The van der Waals surface area contributed by atoms with E-state index in [4.69, 9.17) is 9.47 Å². The van der Waals surface area contributed by atoms with Gasteiger partial charge in [0, 0.05) is 6.61 Å². The number of hydrogen-bond acceptors (Lipinski definition) is 3. The Morgan fingerprint density at radius 1 is 1.29 bits per heavy atom. The molecule has 2 aromatic rings. The number of rotatable bonds is 6. The second-order valence-corrected chi connectivity index (χ2v) is 5.77. The Labute approximate surface area is 142 Å². The molecule has 0 spiro atoms. The first kappa shape index (κ1) is 16.3. The van der Waals surface area contributed by atoms with E-state index in [0.717, 1.165) is 17.5 Å². The highest BCUT2D eigenvalue weighted by Gasteiger charge is 2.21. The Morgan fingerprint density at radius 3 is 2.83 bits per heavy atom. The molecule has 0 aliphatic carbocycles. The maximum Gasteiger partial charge on any atom is 0.255 e. The SMILES string of the molecule is C=Cc1ccc(C(=O)NC2CCOC2)c(OCc2ccccc2)c1. The molecule has 0 radical (unpaired) electrons. The molecule has 1 aliphatic rings. The summed E-state index contributed by atoms with van der Waals surface area (Å²) in [6.07, 6.45) is 2.58. The predicted octanol–water partition coefficient (Wildman–Crippen LogP) is 3.43. The Morgan fingerprint density at radius 2 is 2.12 bits per heavy atom. The van der Waals surface area contributed by atoms with Crippen LogP contribution < -0.4 is 10.1 Å². The average Bonchev–Trinajstić information content (AvgIpc) is 3.13. The monoisotopic (exact) mass is 323 g/mol. The summed E-state index contributed by atoms with van der Waals surface area (Å²) in [7, 11) is 0. The van der Waals surface area contributed by atoms with Crippen LogP contribution in [0.25, 0.3) is 6.08 Å². The molecular weight excluding hydrogens is 302 g/mol. The first-order valence-electron chi connectivity index (χ1n) is 8.08. The summed E-state index contributed by atoms with van der Waals surface area (Å²) >= 11 is 0. The lowest BCUT2D eigenvalue weighted by Gasteiger charge is -2.15. The van der Waals surface area contributed by atoms with Crippen molar-refractivity contribution in [1.29, 1.82) is 0 Å². The van der Waals surface area contributed by atoms with Crippen LogP contribution in [0.3, 0.4) is 0 Å². The van der Waals surface area contributed by atoms with E-state index in [9.17, 15) is 4.79 Å². The van der Waals surface area contributed by atoms with E-state index in [-0.39, 0.29) is 11.9 Å². The first-order valence-corrected chi connectivity index (χ1v) is 8.08. The van der Waals surface area contributed by atoms with Crippen LogP contribution in [0.1, 0.15) is 27.9 Å². The lowest BCUT2D eigenvalue weighted by molar-refractivity contribution is 0.0925. The summed E-state index contributed by atoms with van der Waals surface area (Å²) in [5, 5.41) is 3.00. The van der Waals surface area contributed by atoms with E-state index in [2.05, 4.69) is 11.9 Å². The molecule has 124 valence electrons. The average molecular weight is 323 g/mol. The summed E-state index contributed by atoms with van der Waals surface area (Å²) in [5.74, 6) is 0.428. The third-order valence-corrected chi connectivity index (χ3v) is 3.99. The molecule has 1 atom stereocenters. The van der Waals surface area contributed by atoms with Gasteiger partial charge in [-0.3, -0.25) is 4.79 Å². The van der Waals surface area contributed by atoms with E-state index in [1.807, 2.05) is 42.5 Å². The molecule has 4 heteroatoms. The van der Waals surface area contributed by atoms with E-state index in [0.29, 0.717) is 31.1 Å². The fourth-order valence-electron chi connectivity index (χ4n) is 2.62. The van der Waals surface area contributed by atoms with E-state index in [1.54, 1.807) is 12.1 Å². The van der Waals surface area contributed by atoms with Crippen molar-refractivity contribution in [2.75, 3.05) is 13.2 Å². The second-order valence-electron chi connectivity index (χ2n) is 5.77. The van der Waals surface area contributed by atoms with Gasteiger partial charge in [-0.15, -0.1) is 0 Å². The third kappa shape index (κ3) is 4.03. The Kier molecular flexibility index (Phi) is 5.29. The van der Waals surface area contributed by atoms with Crippen molar-refractivity contribution < 1.29 is 14.3 Å². The highest BCUT2D eigenvalue weighted by atomic mass is 16.5. The fraction of sp³-hybridized carbons (Fsp3) is 0.250. The minimum absolute atomic E-state index is 0.0681. The van der Waals surface area contributed by atoms with Crippen LogP contribution in [0.2, 0.25) is 0 Å². The van der Waals surface area contributed by atoms with Crippen LogP contribution in [-0.4, -0.2) is 25.2 Å². The molecule has 0 saturated carbocycles. The van der Waals surface area contributed by atoms with Crippen LogP contribution in [-0.2, 0) is 11.3 Å². The highest BCUT2D eigenvalue weighted by molar-refractivity contribution is 5.97. The number of ether oxygens (including phenoxy) is 2. The van der Waals surface area contributed by atoms with Gasteiger partial charge in [0.05, 0.1) is 18.2 Å². The highest BCUT2D eigenvalue weighted by Crippen LogP contribution is 2.23. The molecule has 1 amide bonds. The van der Waals surface area contributed by atoms with E-state index in [1.165, 1.54) is 0 Å². The molecule has 1 aliphatic heterocycles. The Bertz CT molecular complexity index is 706. The smallest absolute Gasteiger partial charge is 0.255 e. The number of benzene rings is 2. The van der Waals surface area contributed by atoms with Gasteiger partial charge in [-0.25, -0.2) is 0 Å². The quantitative estimate of drug-likeness (QED) is 0.886. The van der Waals surface area contributed by atoms with Crippen molar-refractivity contribution in [2.45, 2.75) is 19.1 Å². The topological polar surface area (TPSA) is 47.6 Å². The molecule has 1 unspecified atom stereocenters. The van der Waals surface area contributed by atoms with Gasteiger partial charge in [0.2, 0.25) is 0 Å². The van der Waals surface area contributed by atoms with Crippen molar-refractivity contribution in [2.24, 2.45) is 0 Å². The van der Waals surface area contributed by atoms with Crippen LogP contribution >= 0.6 is 0 Å². The zero-order valence-corrected chi connectivity index (χ0v) is 13.5. The van der Waals surface area contributed by atoms with Gasteiger partial charge in [-0.1, -0.05) is 49.1 Å². The summed E-state index contributed by atoms with van der Waals surface area (Å²) in [5.41, 5.74) is 2.50. The van der Waals surface area contributed by atoms with Gasteiger partial charge in [-0.05, 0) is 29.7 Å². The van der Waals surface area contributed by atoms with Crippen LogP contribution in [0.4, 0.5) is 0 Å². The standard InChI is InChI=1S/C20H21NO3/c1-2-15-8-9-18(20(22)21-17-10-11-23-14-17)19(12-15)24-13-16-6-4-3-5-7-16/h2-9,12,17H,1,10-11,13-14H2,(H,21,22). The molecule has 1 N–H and O–H groups in total. The molecule has 1 saturated heterocycles. The number of carbonyl (C=O) groups excluding carboxylic acids is 1. The van der Waals surface area contributed by atoms with Crippen LogP contribution in [0.15, 0.2) is 55.1 Å². The maximum atomic E-state index is 12.6. The summed E-state index contributed by atoms with van der Waals surface area (Å²) < 4.78 is 11.2. The number of hydrogen-bond donors (Lipinski definition) is 1. The molecule has 1 fully saturated rings. The zero-order chi connectivity index (χ0) is 16.8. The van der Waals surface area contributed by atoms with Crippen LogP contribution in [0.5, 0.6) is 5.75 Å². The lowest BCUT2D eigenvalue weighted by atomic mass is 10.1. The molecular formula is C20H21NO3. The molecule has 24 heavy (non-hydrogen) atoms. The normalized spacial score (nSPS) is 16.6. The summed E-state index contributed by atoms with van der Waals surface area (Å²) in [4.78, 5) is 12.6. The van der Waals surface area contributed by atoms with Gasteiger partial charge in [0.15, 0.2) is 0 Å². The van der Waals surface area contributed by atoms with Gasteiger partial charge in [-0.2, -0.15) is 0 Å². The molecule has 2 aromatic carbocycles. The largest absolute Gasteiger partial charge is 0.488 e. The predicted molar refractivity (Wildman–Crippen MR) is 94.0 cm³/mol. The summed E-state index contributed by atoms with van der Waals surface area (Å²) in [6.45, 7) is 5.44. The fourth-order valence-corrected chi connectivity index (χ4v) is 2.62. The molecule has 3 rings (SSSR count). The Balaban J connectivity index is 1.76. The molecule has 1 heterocycles. The van der Waals surface area contributed by atoms with E-state index < -0.39 is 0 Å². The first-order chi connectivity index (χ1) is 11.8. The Hall–Kier alpha value is -2.59. The van der Waals surface area contributed by atoms with Crippen molar-refractivity contribution in [3.8, 4) is 5.75 Å². The van der Waals surface area contributed by atoms with Crippen molar-refractivity contribution in [3.63, 3.8) is 0 Å².